The molecule has 1 saturated heterocycles. The molecule has 0 aromatic carbocycles. The lowest BCUT2D eigenvalue weighted by molar-refractivity contribution is -0.210. The smallest absolute Gasteiger partial charge is 0.272 e. The number of hydrogen-bond acceptors (Lipinski definition) is 3. The quantitative estimate of drug-likeness (QED) is 0.455. The van der Waals surface area contributed by atoms with Crippen LogP contribution in [0.2, 0.25) is 0 Å². The Kier molecular flexibility index (Phi) is 5.65. The summed E-state index contributed by atoms with van der Waals surface area (Å²) in [6.45, 7) is 5.88. The maximum Gasteiger partial charge on any atom is 0.400 e. The van der Waals surface area contributed by atoms with Gasteiger partial charge in [0.05, 0.1) is 12.6 Å². The molecule has 21 heavy (non-hydrogen) atoms. The monoisotopic (exact) mass is 308 g/mol. The van der Waals surface area contributed by atoms with Crippen LogP contribution in [-0.2, 0) is 9.63 Å². The molecule has 0 saturated carbocycles. The normalized spacial score (nSPS) is 21.9. The Balaban J connectivity index is 2.82. The predicted molar refractivity (Wildman–Crippen MR) is 68.9 cm³/mol. The van der Waals surface area contributed by atoms with Gasteiger partial charge in [0.15, 0.2) is 0 Å². The van der Waals surface area contributed by atoms with E-state index >= 15 is 0 Å². The van der Waals surface area contributed by atoms with Gasteiger partial charge in [-0.2, -0.15) is 17.6 Å². The number of nitrogens with zero attached hydrogens (tertiary/aromatic N) is 2. The Bertz CT molecular complexity index is 471. The second-order valence-electron chi connectivity index (χ2n) is 4.51. The Hall–Kier alpha value is -1.70. The topological polar surface area (TPSA) is 41.9 Å². The van der Waals surface area contributed by atoms with Crippen LogP contribution >= 0.6 is 0 Å². The Labute approximate surface area is 119 Å². The minimum atomic E-state index is -4.65. The maximum absolute atomic E-state index is 12.9. The Morgan fingerprint density at radius 2 is 2.14 bits per heavy atom. The zero-order chi connectivity index (χ0) is 16.2. The van der Waals surface area contributed by atoms with Crippen LogP contribution in [0.15, 0.2) is 29.2 Å². The van der Waals surface area contributed by atoms with Gasteiger partial charge in [0, 0.05) is 12.6 Å². The van der Waals surface area contributed by atoms with E-state index < -0.39 is 30.0 Å². The van der Waals surface area contributed by atoms with Crippen molar-refractivity contribution in [3.05, 3.63) is 24.2 Å². The van der Waals surface area contributed by atoms with Crippen LogP contribution in [0.25, 0.3) is 0 Å². The van der Waals surface area contributed by atoms with Crippen molar-refractivity contribution in [2.24, 2.45) is 10.9 Å². The van der Waals surface area contributed by atoms with Gasteiger partial charge in [0.2, 0.25) is 5.95 Å². The predicted octanol–water partition coefficient (Wildman–Crippen LogP) is 3.18. The SMILES string of the molecule is C=C(/C=N\C(F)=C/C)[C@@H]1CCON1C(=O)[C@@H](C)C(F)(F)F. The molecule has 1 aliphatic rings. The molecule has 2 atom stereocenters. The third-order valence-electron chi connectivity index (χ3n) is 3.00. The summed E-state index contributed by atoms with van der Waals surface area (Å²) in [5.41, 5.74) is 0.201. The van der Waals surface area contributed by atoms with Crippen molar-refractivity contribution in [1.82, 2.24) is 5.06 Å². The van der Waals surface area contributed by atoms with Crippen LogP contribution in [-0.4, -0.2) is 36.0 Å². The van der Waals surface area contributed by atoms with Crippen LogP contribution in [0.1, 0.15) is 20.3 Å². The number of allylic oxidation sites excluding steroid dienone is 1. The van der Waals surface area contributed by atoms with Crippen molar-refractivity contribution in [3.63, 3.8) is 0 Å². The molecule has 0 bridgehead atoms. The first kappa shape index (κ1) is 17.4. The molecule has 118 valence electrons. The molecule has 0 aromatic heterocycles. The highest BCUT2D eigenvalue weighted by Gasteiger charge is 2.46. The average molecular weight is 308 g/mol. The van der Waals surface area contributed by atoms with Crippen molar-refractivity contribution in [3.8, 4) is 0 Å². The van der Waals surface area contributed by atoms with Gasteiger partial charge >= 0.3 is 6.18 Å². The molecule has 4 nitrogen and oxygen atoms in total. The van der Waals surface area contributed by atoms with E-state index in [-0.39, 0.29) is 18.6 Å². The standard InChI is InChI=1S/C13H16F4N2O2/c1-4-11(14)18-7-8(2)10-5-6-21-19(10)12(20)9(3)13(15,16)17/h4,7,9-10H,2,5-6H2,1,3H3/b11-4-,18-7-/t9-,10+/m1/s1. The Morgan fingerprint density at radius 1 is 1.52 bits per heavy atom. The van der Waals surface area contributed by atoms with E-state index in [1.165, 1.54) is 6.92 Å². The molecule has 1 rings (SSSR count). The zero-order valence-corrected chi connectivity index (χ0v) is 11.7. The van der Waals surface area contributed by atoms with Crippen LogP contribution in [0, 0.1) is 5.92 Å². The second-order valence-corrected chi connectivity index (χ2v) is 4.51. The molecule has 1 aliphatic heterocycles. The summed E-state index contributed by atoms with van der Waals surface area (Å²) in [4.78, 5) is 20.2. The van der Waals surface area contributed by atoms with E-state index in [4.69, 9.17) is 4.84 Å². The molecule has 0 spiro atoms. The first-order chi connectivity index (χ1) is 9.68. The summed E-state index contributed by atoms with van der Waals surface area (Å²) in [7, 11) is 0. The van der Waals surface area contributed by atoms with E-state index in [0.717, 1.165) is 19.2 Å². The van der Waals surface area contributed by atoms with Crippen LogP contribution in [0.3, 0.4) is 0 Å². The number of carbonyl (C=O) groups excluding carboxylic acids is 1. The fraction of sp³-hybridized carbons (Fsp3) is 0.538. The molecule has 1 heterocycles. The molecule has 0 aliphatic carbocycles. The largest absolute Gasteiger partial charge is 0.400 e. The molecule has 0 aromatic rings. The van der Waals surface area contributed by atoms with Crippen LogP contribution in [0.4, 0.5) is 17.6 Å². The van der Waals surface area contributed by atoms with Gasteiger partial charge in [0.1, 0.15) is 5.92 Å². The van der Waals surface area contributed by atoms with Gasteiger partial charge in [0.25, 0.3) is 5.91 Å². The van der Waals surface area contributed by atoms with E-state index in [9.17, 15) is 22.4 Å². The minimum Gasteiger partial charge on any atom is -0.272 e. The van der Waals surface area contributed by atoms with Gasteiger partial charge in [-0.25, -0.2) is 10.1 Å². The van der Waals surface area contributed by atoms with Crippen LogP contribution < -0.4 is 0 Å². The number of alkyl halides is 3. The fourth-order valence-corrected chi connectivity index (χ4v) is 1.66. The number of halogens is 4. The average Bonchev–Trinajstić information content (AvgIpc) is 2.90. The number of hydroxylamine groups is 2. The summed E-state index contributed by atoms with van der Waals surface area (Å²) < 4.78 is 50.6. The number of rotatable bonds is 4. The van der Waals surface area contributed by atoms with Crippen molar-refractivity contribution in [2.45, 2.75) is 32.5 Å². The van der Waals surface area contributed by atoms with Crippen molar-refractivity contribution in [2.75, 3.05) is 6.61 Å². The summed E-state index contributed by atoms with van der Waals surface area (Å²) in [6.07, 6.45) is -2.19. The first-order valence-electron chi connectivity index (χ1n) is 6.25. The highest BCUT2D eigenvalue weighted by atomic mass is 19.4. The van der Waals surface area contributed by atoms with Crippen molar-refractivity contribution >= 4 is 12.1 Å². The third kappa shape index (κ3) is 4.38. The second kappa shape index (κ2) is 6.84. The number of carbonyl (C=O) groups is 1. The van der Waals surface area contributed by atoms with Crippen LogP contribution in [0.5, 0.6) is 0 Å². The zero-order valence-electron chi connectivity index (χ0n) is 11.7. The third-order valence-corrected chi connectivity index (χ3v) is 3.00. The minimum absolute atomic E-state index is 0.0833. The Morgan fingerprint density at radius 3 is 2.67 bits per heavy atom. The van der Waals surface area contributed by atoms with Crippen molar-refractivity contribution in [1.29, 1.82) is 0 Å². The molecular formula is C13H16F4N2O2. The highest BCUT2D eigenvalue weighted by molar-refractivity contribution is 5.84. The summed E-state index contributed by atoms with van der Waals surface area (Å²) in [5.74, 6) is -4.14. The first-order valence-corrected chi connectivity index (χ1v) is 6.25. The molecule has 1 amide bonds. The van der Waals surface area contributed by atoms with Gasteiger partial charge in [-0.3, -0.25) is 9.63 Å². The van der Waals surface area contributed by atoms with E-state index in [1.54, 1.807) is 0 Å². The van der Waals surface area contributed by atoms with Crippen molar-refractivity contribution < 1.29 is 27.2 Å². The number of amides is 1. The van der Waals surface area contributed by atoms with E-state index in [2.05, 4.69) is 11.6 Å². The van der Waals surface area contributed by atoms with Gasteiger partial charge in [-0.1, -0.05) is 6.58 Å². The molecule has 0 N–H and O–H groups in total. The number of hydrogen-bond donors (Lipinski definition) is 0. The lowest BCUT2D eigenvalue weighted by atomic mass is 10.1. The molecule has 0 unspecified atom stereocenters. The fourth-order valence-electron chi connectivity index (χ4n) is 1.66. The van der Waals surface area contributed by atoms with E-state index in [1.807, 2.05) is 0 Å². The number of aliphatic imine (C=N–C) groups is 1. The summed E-state index contributed by atoms with van der Waals surface area (Å²) in [5, 5.41) is 0.653. The summed E-state index contributed by atoms with van der Waals surface area (Å²) in [6, 6.07) is -0.782. The van der Waals surface area contributed by atoms with E-state index in [0.29, 0.717) is 5.06 Å². The van der Waals surface area contributed by atoms with Gasteiger partial charge < -0.3 is 0 Å². The summed E-state index contributed by atoms with van der Waals surface area (Å²) >= 11 is 0. The molecule has 8 heteroatoms. The lowest BCUT2D eigenvalue weighted by Crippen LogP contribution is -2.43. The van der Waals surface area contributed by atoms with Gasteiger partial charge in [-0.15, -0.1) is 0 Å². The molecule has 1 fully saturated rings. The lowest BCUT2D eigenvalue weighted by Gasteiger charge is -2.26. The maximum atomic E-state index is 12.9. The molecule has 0 radical (unpaired) electrons. The molecular weight excluding hydrogens is 292 g/mol. The van der Waals surface area contributed by atoms with Gasteiger partial charge in [-0.05, 0) is 25.5 Å². The highest BCUT2D eigenvalue weighted by Crippen LogP contribution is 2.30.